The number of unbranched alkanes of at least 4 members (excludes halogenated alkanes) is 27. The molecule has 11 heteroatoms. The summed E-state index contributed by atoms with van der Waals surface area (Å²) in [7, 11) is 0. The third-order valence-corrected chi connectivity index (χ3v) is 13.8. The van der Waals surface area contributed by atoms with Gasteiger partial charge in [0.1, 0.15) is 24.4 Å². The summed E-state index contributed by atoms with van der Waals surface area (Å²) in [6, 6.07) is -0.842. The zero-order valence-electron chi connectivity index (χ0n) is 47.0. The maximum absolute atomic E-state index is 13.0. The summed E-state index contributed by atoms with van der Waals surface area (Å²) in [5.74, 6) is -0.258. The molecule has 0 saturated carbocycles. The van der Waals surface area contributed by atoms with Gasteiger partial charge < -0.3 is 45.1 Å². The van der Waals surface area contributed by atoms with Crippen LogP contribution in [0.5, 0.6) is 0 Å². The van der Waals surface area contributed by atoms with Gasteiger partial charge in [-0.15, -0.1) is 0 Å². The molecule has 7 atom stereocenters. The number of allylic oxidation sites excluding steroid dienone is 11. The Kier molecular flexibility index (Phi) is 48.7. The molecular weight excluding hydrogens is 931 g/mol. The Hall–Kier alpha value is -2.90. The van der Waals surface area contributed by atoms with Crippen LogP contribution in [0.2, 0.25) is 0 Å². The fourth-order valence-corrected chi connectivity index (χ4v) is 8.91. The van der Waals surface area contributed by atoms with Gasteiger partial charge in [-0.3, -0.25) is 9.59 Å². The van der Waals surface area contributed by atoms with E-state index in [1.54, 1.807) is 6.08 Å². The standard InChI is InChI=1S/C63H111NO10/c1-3-5-7-9-11-13-15-17-22-25-29-33-37-41-45-49-56(66)55(54-73-63-62(71)61(70)60(69)57(53-65)74-63)64-58(67)50-46-42-38-34-30-26-23-20-19-21-24-28-32-36-40-44-48-52-72-59(68)51-47-43-39-35-31-27-18-16-14-12-10-8-6-4-2/h10,12,16,18-19,21,28-29,32-33,45,49,55-57,60-63,65-66,69-71H,3-9,11,13-15,17,20,22-27,30-31,34-44,46-48,50-54H2,1-2H3,(H,64,67)/b12-10-,18-16-,21-19-,32-28-,33-29+,49-45+. The Morgan fingerprint density at radius 2 is 0.932 bits per heavy atom. The van der Waals surface area contributed by atoms with Gasteiger partial charge in [0.25, 0.3) is 0 Å². The van der Waals surface area contributed by atoms with Crippen LogP contribution in [-0.4, -0.2) is 100 Å². The van der Waals surface area contributed by atoms with E-state index in [9.17, 15) is 35.1 Å². The summed E-state index contributed by atoms with van der Waals surface area (Å²) in [5.41, 5.74) is 0. The predicted octanol–water partition coefficient (Wildman–Crippen LogP) is 14.0. The lowest BCUT2D eigenvalue weighted by atomic mass is 9.99. The summed E-state index contributed by atoms with van der Waals surface area (Å²) in [5, 5.41) is 54.4. The number of aliphatic hydroxyl groups excluding tert-OH is 5. The maximum atomic E-state index is 13.0. The van der Waals surface area contributed by atoms with Gasteiger partial charge in [-0.25, -0.2) is 0 Å². The molecule has 1 heterocycles. The van der Waals surface area contributed by atoms with Gasteiger partial charge in [-0.05, 0) is 109 Å². The van der Waals surface area contributed by atoms with E-state index in [1.165, 1.54) is 116 Å². The summed E-state index contributed by atoms with van der Waals surface area (Å²) in [4.78, 5) is 25.1. The Bertz CT molecular complexity index is 1460. The van der Waals surface area contributed by atoms with Crippen LogP contribution in [0.15, 0.2) is 72.9 Å². The fourth-order valence-electron chi connectivity index (χ4n) is 8.91. The number of carbonyl (C=O) groups excluding carboxylic acids is 2. The molecule has 7 unspecified atom stereocenters. The average Bonchev–Trinajstić information content (AvgIpc) is 3.40. The second-order valence-electron chi connectivity index (χ2n) is 20.7. The molecule has 1 aliphatic rings. The van der Waals surface area contributed by atoms with Gasteiger partial charge in [0, 0.05) is 12.8 Å². The first-order chi connectivity index (χ1) is 36.2. The van der Waals surface area contributed by atoms with Gasteiger partial charge >= 0.3 is 5.97 Å². The van der Waals surface area contributed by atoms with Gasteiger partial charge in [-0.2, -0.15) is 0 Å². The van der Waals surface area contributed by atoms with E-state index in [1.807, 2.05) is 6.08 Å². The SMILES string of the molecule is CCCC/C=C\C/C=C\CCCCCCCC(=O)OCCCCC/C=C\C/C=C\CCCCCCCCCC(=O)NC(COC1OC(CO)C(O)C(O)C1O)C(O)/C=C/CC/C=C/CCCCCCCCCCC. The predicted molar refractivity (Wildman–Crippen MR) is 306 cm³/mol. The minimum atomic E-state index is -1.59. The highest BCUT2D eigenvalue weighted by Crippen LogP contribution is 2.23. The van der Waals surface area contributed by atoms with Crippen molar-refractivity contribution < 1.29 is 49.3 Å². The number of amides is 1. The average molecular weight is 1040 g/mol. The zero-order chi connectivity index (χ0) is 53.8. The Morgan fingerprint density at radius 3 is 1.46 bits per heavy atom. The van der Waals surface area contributed by atoms with Crippen LogP contribution < -0.4 is 5.32 Å². The molecule has 0 aliphatic carbocycles. The highest BCUT2D eigenvalue weighted by molar-refractivity contribution is 5.76. The van der Waals surface area contributed by atoms with Crippen molar-refractivity contribution >= 4 is 11.9 Å². The van der Waals surface area contributed by atoms with E-state index in [2.05, 4.69) is 79.9 Å². The van der Waals surface area contributed by atoms with Gasteiger partial charge in [0.2, 0.25) is 5.91 Å². The van der Waals surface area contributed by atoms with E-state index in [0.29, 0.717) is 19.4 Å². The topological polar surface area (TPSA) is 175 Å². The number of hydrogen-bond acceptors (Lipinski definition) is 10. The van der Waals surface area contributed by atoms with Crippen molar-refractivity contribution in [2.24, 2.45) is 0 Å². The lowest BCUT2D eigenvalue weighted by molar-refractivity contribution is -0.302. The minimum absolute atomic E-state index is 0.0485. The van der Waals surface area contributed by atoms with Crippen molar-refractivity contribution in [3.63, 3.8) is 0 Å². The van der Waals surface area contributed by atoms with E-state index < -0.39 is 49.5 Å². The molecule has 0 radical (unpaired) electrons. The van der Waals surface area contributed by atoms with Crippen LogP contribution >= 0.6 is 0 Å². The number of rotatable bonds is 51. The first kappa shape index (κ1) is 69.1. The molecule has 6 N–H and O–H groups in total. The molecule has 1 aliphatic heterocycles. The molecule has 1 amide bonds. The van der Waals surface area contributed by atoms with Crippen molar-refractivity contribution in [2.75, 3.05) is 19.8 Å². The van der Waals surface area contributed by atoms with E-state index >= 15 is 0 Å². The largest absolute Gasteiger partial charge is 0.466 e. The van der Waals surface area contributed by atoms with Crippen molar-refractivity contribution in [1.82, 2.24) is 5.32 Å². The number of aliphatic hydroxyl groups is 5. The molecule has 0 bridgehead atoms. The van der Waals surface area contributed by atoms with Crippen molar-refractivity contribution in [1.29, 1.82) is 0 Å². The molecule has 1 rings (SSSR count). The molecule has 1 saturated heterocycles. The first-order valence-electron chi connectivity index (χ1n) is 30.2. The smallest absolute Gasteiger partial charge is 0.305 e. The molecule has 74 heavy (non-hydrogen) atoms. The van der Waals surface area contributed by atoms with Crippen LogP contribution in [0.25, 0.3) is 0 Å². The second-order valence-corrected chi connectivity index (χ2v) is 20.7. The van der Waals surface area contributed by atoms with Gasteiger partial charge in [-0.1, -0.05) is 202 Å². The quantitative estimate of drug-likeness (QED) is 0.0195. The number of carbonyl (C=O) groups is 2. The number of ether oxygens (including phenoxy) is 3. The lowest BCUT2D eigenvalue weighted by Crippen LogP contribution is -2.60. The molecule has 0 aromatic carbocycles. The Labute approximate surface area is 451 Å². The summed E-state index contributed by atoms with van der Waals surface area (Å²) in [6.07, 6.45) is 58.4. The van der Waals surface area contributed by atoms with Crippen LogP contribution in [0.3, 0.4) is 0 Å². The van der Waals surface area contributed by atoms with Crippen molar-refractivity contribution in [3.05, 3.63) is 72.9 Å². The normalized spacial score (nSPS) is 19.4. The summed E-state index contributed by atoms with van der Waals surface area (Å²) < 4.78 is 16.7. The molecule has 428 valence electrons. The lowest BCUT2D eigenvalue weighted by Gasteiger charge is -2.40. The van der Waals surface area contributed by atoms with Crippen LogP contribution in [0.4, 0.5) is 0 Å². The zero-order valence-corrected chi connectivity index (χ0v) is 47.0. The number of esters is 1. The molecule has 1 fully saturated rings. The summed E-state index contributed by atoms with van der Waals surface area (Å²) >= 11 is 0. The molecule has 11 nitrogen and oxygen atoms in total. The van der Waals surface area contributed by atoms with E-state index in [-0.39, 0.29) is 18.5 Å². The van der Waals surface area contributed by atoms with E-state index in [0.717, 1.165) is 109 Å². The number of hydrogen-bond donors (Lipinski definition) is 6. The molecule has 0 aromatic heterocycles. The van der Waals surface area contributed by atoms with Gasteiger partial charge in [0.05, 0.1) is 32.0 Å². The van der Waals surface area contributed by atoms with Crippen molar-refractivity contribution in [2.45, 2.75) is 294 Å². The second kappa shape index (κ2) is 52.2. The monoisotopic (exact) mass is 1040 g/mol. The Balaban J connectivity index is 2.17. The third-order valence-electron chi connectivity index (χ3n) is 13.8. The Morgan fingerprint density at radius 1 is 0.500 bits per heavy atom. The molecular formula is C63H111NO10. The highest BCUT2D eigenvalue weighted by Gasteiger charge is 2.44. The van der Waals surface area contributed by atoms with Crippen molar-refractivity contribution in [3.8, 4) is 0 Å². The van der Waals surface area contributed by atoms with Crippen LogP contribution in [0, 0.1) is 0 Å². The molecule has 0 spiro atoms. The maximum Gasteiger partial charge on any atom is 0.305 e. The van der Waals surface area contributed by atoms with Crippen LogP contribution in [0.1, 0.15) is 251 Å². The van der Waals surface area contributed by atoms with Gasteiger partial charge in [0.15, 0.2) is 6.29 Å². The minimum Gasteiger partial charge on any atom is -0.466 e. The number of nitrogens with one attached hydrogen (secondary N) is 1. The summed E-state index contributed by atoms with van der Waals surface area (Å²) in [6.45, 7) is 4.21. The highest BCUT2D eigenvalue weighted by atomic mass is 16.7. The first-order valence-corrected chi connectivity index (χ1v) is 30.2. The molecule has 0 aromatic rings. The van der Waals surface area contributed by atoms with Crippen LogP contribution in [-0.2, 0) is 23.8 Å². The fraction of sp³-hybridized carbons (Fsp3) is 0.778. The van der Waals surface area contributed by atoms with E-state index in [4.69, 9.17) is 14.2 Å². The third kappa shape index (κ3) is 41.3.